The highest BCUT2D eigenvalue weighted by atomic mass is 16.5. The van der Waals surface area contributed by atoms with Crippen LogP contribution in [0.5, 0.6) is 0 Å². The van der Waals surface area contributed by atoms with Gasteiger partial charge in [0.25, 0.3) is 0 Å². The zero-order valence-electron chi connectivity index (χ0n) is 13.3. The molecule has 0 N–H and O–H groups in total. The lowest BCUT2D eigenvalue weighted by Crippen LogP contribution is -2.30. The fourth-order valence-corrected chi connectivity index (χ4v) is 2.96. The molecule has 1 atom stereocenters. The van der Waals surface area contributed by atoms with E-state index >= 15 is 0 Å². The summed E-state index contributed by atoms with van der Waals surface area (Å²) in [6.45, 7) is 0.670. The van der Waals surface area contributed by atoms with E-state index in [0.29, 0.717) is 18.3 Å². The molecule has 1 amide bonds. The maximum absolute atomic E-state index is 11.7. The van der Waals surface area contributed by atoms with Gasteiger partial charge in [-0.05, 0) is 31.2 Å². The van der Waals surface area contributed by atoms with Crippen molar-refractivity contribution >= 4 is 6.09 Å². The Morgan fingerprint density at radius 2 is 2.17 bits per heavy atom. The van der Waals surface area contributed by atoms with Gasteiger partial charge in [0, 0.05) is 13.0 Å². The van der Waals surface area contributed by atoms with Crippen molar-refractivity contribution in [2.24, 2.45) is 0 Å². The van der Waals surface area contributed by atoms with E-state index in [9.17, 15) is 4.79 Å². The molecule has 0 radical (unpaired) electrons. The van der Waals surface area contributed by atoms with Crippen molar-refractivity contribution in [3.05, 3.63) is 47.6 Å². The molecule has 6 heteroatoms. The van der Waals surface area contributed by atoms with Gasteiger partial charge in [-0.2, -0.15) is 4.98 Å². The number of methoxy groups -OCH3 is 1. The number of hydrogen-bond donors (Lipinski definition) is 0. The largest absolute Gasteiger partial charge is 0.453 e. The van der Waals surface area contributed by atoms with Gasteiger partial charge in [0.2, 0.25) is 5.89 Å². The summed E-state index contributed by atoms with van der Waals surface area (Å²) in [6.07, 6.45) is 4.14. The lowest BCUT2D eigenvalue weighted by Gasteiger charge is -2.19. The Labute approximate surface area is 135 Å². The molecule has 23 heavy (non-hydrogen) atoms. The topological polar surface area (TPSA) is 68.5 Å². The van der Waals surface area contributed by atoms with Crippen LogP contribution in [0.25, 0.3) is 0 Å². The monoisotopic (exact) mass is 315 g/mol. The summed E-state index contributed by atoms with van der Waals surface area (Å²) in [4.78, 5) is 17.9. The van der Waals surface area contributed by atoms with Crippen molar-refractivity contribution in [2.45, 2.75) is 38.1 Å². The van der Waals surface area contributed by atoms with Crippen LogP contribution in [0.3, 0.4) is 0 Å². The first-order valence-electron chi connectivity index (χ1n) is 7.99. The van der Waals surface area contributed by atoms with Crippen molar-refractivity contribution in [3.8, 4) is 0 Å². The van der Waals surface area contributed by atoms with Gasteiger partial charge in [0.1, 0.15) is 6.04 Å². The lowest BCUT2D eigenvalue weighted by molar-refractivity contribution is 0.112. The third-order valence-electron chi connectivity index (χ3n) is 4.14. The Kier molecular flexibility index (Phi) is 4.90. The second kappa shape index (κ2) is 7.26. The Hall–Kier alpha value is -2.37. The number of carbonyl (C=O) groups is 1. The quantitative estimate of drug-likeness (QED) is 0.848. The molecule has 1 fully saturated rings. The molecule has 1 aliphatic rings. The molecule has 1 aromatic carbocycles. The molecule has 2 aromatic rings. The molecule has 0 saturated carbocycles. The minimum Gasteiger partial charge on any atom is -0.453 e. The molecule has 1 aliphatic heterocycles. The van der Waals surface area contributed by atoms with Gasteiger partial charge < -0.3 is 9.26 Å². The highest BCUT2D eigenvalue weighted by Gasteiger charge is 2.34. The SMILES string of the molecule is COC(=O)N1CCC[C@H]1c1nc(CCCc2ccccc2)no1. The van der Waals surface area contributed by atoms with E-state index in [4.69, 9.17) is 9.26 Å². The minimum atomic E-state index is -0.337. The third-order valence-corrected chi connectivity index (χ3v) is 4.14. The van der Waals surface area contributed by atoms with Crippen LogP contribution in [0.4, 0.5) is 4.79 Å². The highest BCUT2D eigenvalue weighted by molar-refractivity contribution is 5.68. The molecule has 6 nitrogen and oxygen atoms in total. The van der Waals surface area contributed by atoms with E-state index in [1.807, 2.05) is 18.2 Å². The zero-order valence-corrected chi connectivity index (χ0v) is 13.3. The van der Waals surface area contributed by atoms with Crippen molar-refractivity contribution in [1.29, 1.82) is 0 Å². The van der Waals surface area contributed by atoms with Crippen molar-refractivity contribution in [2.75, 3.05) is 13.7 Å². The van der Waals surface area contributed by atoms with Crippen LogP contribution in [0.15, 0.2) is 34.9 Å². The summed E-state index contributed by atoms with van der Waals surface area (Å²) in [5, 5.41) is 4.05. The van der Waals surface area contributed by atoms with Crippen LogP contribution in [0, 0.1) is 0 Å². The Balaban J connectivity index is 1.56. The molecule has 1 saturated heterocycles. The number of hydrogen-bond acceptors (Lipinski definition) is 5. The van der Waals surface area contributed by atoms with Crippen LogP contribution in [-0.2, 0) is 17.6 Å². The summed E-state index contributed by atoms with van der Waals surface area (Å²) in [5.41, 5.74) is 1.31. The maximum atomic E-state index is 11.7. The van der Waals surface area contributed by atoms with E-state index in [-0.39, 0.29) is 12.1 Å². The molecule has 0 bridgehead atoms. The van der Waals surface area contributed by atoms with Gasteiger partial charge in [0.05, 0.1) is 7.11 Å². The van der Waals surface area contributed by atoms with Crippen LogP contribution < -0.4 is 0 Å². The Bertz CT molecular complexity index is 642. The lowest BCUT2D eigenvalue weighted by atomic mass is 10.1. The number of benzene rings is 1. The molecular weight excluding hydrogens is 294 g/mol. The number of likely N-dealkylation sites (tertiary alicyclic amines) is 1. The van der Waals surface area contributed by atoms with E-state index < -0.39 is 0 Å². The van der Waals surface area contributed by atoms with Crippen molar-refractivity contribution < 1.29 is 14.1 Å². The summed E-state index contributed by atoms with van der Waals surface area (Å²) >= 11 is 0. The third kappa shape index (κ3) is 3.70. The highest BCUT2D eigenvalue weighted by Crippen LogP contribution is 2.31. The normalized spacial score (nSPS) is 17.4. The number of carbonyl (C=O) groups excluding carboxylic acids is 1. The van der Waals surface area contributed by atoms with Gasteiger partial charge in [-0.15, -0.1) is 0 Å². The first-order valence-corrected chi connectivity index (χ1v) is 7.99. The second-order valence-electron chi connectivity index (χ2n) is 5.71. The summed E-state index contributed by atoms with van der Waals surface area (Å²) in [5.74, 6) is 1.22. The summed E-state index contributed by atoms with van der Waals surface area (Å²) < 4.78 is 10.2. The first kappa shape index (κ1) is 15.5. The molecule has 122 valence electrons. The molecule has 3 rings (SSSR count). The predicted molar refractivity (Wildman–Crippen MR) is 83.9 cm³/mol. The van der Waals surface area contributed by atoms with E-state index in [1.54, 1.807) is 4.90 Å². The van der Waals surface area contributed by atoms with Gasteiger partial charge in [-0.25, -0.2) is 4.79 Å². The number of ether oxygens (including phenoxy) is 1. The minimum absolute atomic E-state index is 0.155. The van der Waals surface area contributed by atoms with Gasteiger partial charge in [0.15, 0.2) is 5.82 Å². The average molecular weight is 315 g/mol. The van der Waals surface area contributed by atoms with Crippen molar-refractivity contribution in [3.63, 3.8) is 0 Å². The average Bonchev–Trinajstić information content (AvgIpc) is 3.24. The van der Waals surface area contributed by atoms with Crippen LogP contribution in [-0.4, -0.2) is 34.8 Å². The van der Waals surface area contributed by atoms with Gasteiger partial charge in [-0.1, -0.05) is 35.5 Å². The molecule has 0 aliphatic carbocycles. The van der Waals surface area contributed by atoms with Crippen LogP contribution >= 0.6 is 0 Å². The number of nitrogens with zero attached hydrogens (tertiary/aromatic N) is 3. The summed E-state index contributed by atoms with van der Waals surface area (Å²) in [7, 11) is 1.39. The number of rotatable bonds is 5. The van der Waals surface area contributed by atoms with Gasteiger partial charge in [-0.3, -0.25) is 4.90 Å². The smallest absolute Gasteiger partial charge is 0.410 e. The summed E-state index contributed by atoms with van der Waals surface area (Å²) in [6, 6.07) is 10.2. The van der Waals surface area contributed by atoms with E-state index in [1.165, 1.54) is 12.7 Å². The van der Waals surface area contributed by atoms with Gasteiger partial charge >= 0.3 is 6.09 Å². The van der Waals surface area contributed by atoms with E-state index in [2.05, 4.69) is 22.3 Å². The maximum Gasteiger partial charge on any atom is 0.410 e. The zero-order chi connectivity index (χ0) is 16.1. The van der Waals surface area contributed by atoms with Crippen molar-refractivity contribution in [1.82, 2.24) is 15.0 Å². The fourth-order valence-electron chi connectivity index (χ4n) is 2.96. The number of amides is 1. The Morgan fingerprint density at radius 1 is 1.35 bits per heavy atom. The standard InChI is InChI=1S/C17H21N3O3/c1-22-17(21)20-12-6-10-14(20)16-18-15(19-23-16)11-5-9-13-7-3-2-4-8-13/h2-4,7-8,14H,5-6,9-12H2,1H3/t14-/m0/s1. The van der Waals surface area contributed by atoms with Crippen LogP contribution in [0.1, 0.15) is 42.6 Å². The second-order valence-corrected chi connectivity index (χ2v) is 5.71. The predicted octanol–water partition coefficient (Wildman–Crippen LogP) is 3.15. The number of aromatic nitrogens is 2. The number of aryl methyl sites for hydroxylation is 2. The molecule has 0 spiro atoms. The first-order chi connectivity index (χ1) is 11.3. The fraction of sp³-hybridized carbons (Fsp3) is 0.471. The van der Waals surface area contributed by atoms with E-state index in [0.717, 1.165) is 32.1 Å². The molecular formula is C17H21N3O3. The molecule has 2 heterocycles. The molecule has 0 unspecified atom stereocenters. The Morgan fingerprint density at radius 3 is 2.96 bits per heavy atom. The molecule has 1 aromatic heterocycles. The van der Waals surface area contributed by atoms with Crippen LogP contribution in [0.2, 0.25) is 0 Å².